The van der Waals surface area contributed by atoms with Gasteiger partial charge in [-0.1, -0.05) is 86.7 Å². The molecule has 1 aliphatic rings. The molecule has 0 saturated heterocycles. The third-order valence-electron chi connectivity index (χ3n) is 4.04. The lowest BCUT2D eigenvalue weighted by molar-refractivity contribution is 1.44. The molecule has 0 radical (unpaired) electrons. The maximum atomic E-state index is 2.28. The standard InChI is InChI=1S/C21H16.C2H6/c1-2-6-16-10-12-20(14-18(16)8-3-1)21-13-11-17-7-4-5-9-19(17)15-21;1-2/h2-15H,1H2;1-2H3. The monoisotopic (exact) mass is 298 g/mol. The molecule has 0 bridgehead atoms. The minimum atomic E-state index is 1.01. The zero-order chi connectivity index (χ0) is 16.1. The zero-order valence-corrected chi connectivity index (χ0v) is 13.8. The molecular formula is C23H22. The van der Waals surface area contributed by atoms with E-state index < -0.39 is 0 Å². The molecule has 0 unspecified atom stereocenters. The number of benzene rings is 3. The highest BCUT2D eigenvalue weighted by Gasteiger charge is 2.04. The second-order valence-electron chi connectivity index (χ2n) is 5.45. The highest BCUT2D eigenvalue weighted by Crippen LogP contribution is 2.28. The summed E-state index contributed by atoms with van der Waals surface area (Å²) in [6.07, 6.45) is 9.86. The van der Waals surface area contributed by atoms with Gasteiger partial charge in [-0.2, -0.15) is 0 Å². The van der Waals surface area contributed by atoms with Gasteiger partial charge in [-0.25, -0.2) is 0 Å². The summed E-state index contributed by atoms with van der Waals surface area (Å²) < 4.78 is 0. The molecule has 3 aromatic carbocycles. The molecule has 1 aliphatic carbocycles. The molecule has 0 fully saturated rings. The second kappa shape index (κ2) is 7.11. The first-order chi connectivity index (χ1) is 11.4. The minimum Gasteiger partial charge on any atom is -0.0801 e. The van der Waals surface area contributed by atoms with Crippen molar-refractivity contribution in [3.05, 3.63) is 83.9 Å². The lowest BCUT2D eigenvalue weighted by Gasteiger charge is -2.07. The molecule has 23 heavy (non-hydrogen) atoms. The Hall–Kier alpha value is -2.60. The number of hydrogen-bond acceptors (Lipinski definition) is 0. The van der Waals surface area contributed by atoms with Gasteiger partial charge in [-0.3, -0.25) is 0 Å². The first kappa shape index (κ1) is 15.3. The molecule has 0 amide bonds. The van der Waals surface area contributed by atoms with E-state index >= 15 is 0 Å². The van der Waals surface area contributed by atoms with Gasteiger partial charge in [-0.15, -0.1) is 0 Å². The molecule has 0 spiro atoms. The Kier molecular flexibility index (Phi) is 4.73. The summed E-state index contributed by atoms with van der Waals surface area (Å²) in [4.78, 5) is 0. The minimum absolute atomic E-state index is 1.01. The van der Waals surface area contributed by atoms with Crippen LogP contribution in [0.1, 0.15) is 31.4 Å². The van der Waals surface area contributed by atoms with E-state index in [9.17, 15) is 0 Å². The SMILES string of the molecule is C1=Cc2ccc(-c3ccc4ccccc4c3)cc2C=CC1.CC. The summed E-state index contributed by atoms with van der Waals surface area (Å²) in [6.45, 7) is 4.00. The normalized spacial score (nSPS) is 12.3. The van der Waals surface area contributed by atoms with Gasteiger partial charge >= 0.3 is 0 Å². The van der Waals surface area contributed by atoms with Gasteiger partial charge in [0.2, 0.25) is 0 Å². The van der Waals surface area contributed by atoms with Gasteiger partial charge in [0.25, 0.3) is 0 Å². The fourth-order valence-corrected chi connectivity index (χ4v) is 2.89. The highest BCUT2D eigenvalue weighted by molar-refractivity contribution is 5.88. The summed E-state index contributed by atoms with van der Waals surface area (Å²) >= 11 is 0. The molecular weight excluding hydrogens is 276 g/mol. The Morgan fingerprint density at radius 2 is 1.26 bits per heavy atom. The van der Waals surface area contributed by atoms with E-state index in [1.54, 1.807) is 0 Å². The van der Waals surface area contributed by atoms with Crippen LogP contribution in [0.2, 0.25) is 0 Å². The van der Waals surface area contributed by atoms with Crippen molar-refractivity contribution in [2.45, 2.75) is 20.3 Å². The Balaban J connectivity index is 0.000000753. The van der Waals surface area contributed by atoms with Crippen LogP contribution in [0.4, 0.5) is 0 Å². The van der Waals surface area contributed by atoms with Crippen LogP contribution < -0.4 is 0 Å². The fraction of sp³-hybridized carbons (Fsp3) is 0.130. The highest BCUT2D eigenvalue weighted by atomic mass is 14.1. The first-order valence-electron chi connectivity index (χ1n) is 8.36. The van der Waals surface area contributed by atoms with Gasteiger partial charge in [0.15, 0.2) is 0 Å². The predicted octanol–water partition coefficient (Wildman–Crippen LogP) is 6.96. The molecule has 114 valence electrons. The number of fused-ring (bicyclic) bond motifs is 2. The molecule has 0 aliphatic heterocycles. The summed E-state index contributed by atoms with van der Waals surface area (Å²) in [5, 5.41) is 2.58. The van der Waals surface area contributed by atoms with E-state index in [0.29, 0.717) is 0 Å². The average molecular weight is 298 g/mol. The Bertz CT molecular complexity index is 866. The van der Waals surface area contributed by atoms with Crippen LogP contribution in [0.3, 0.4) is 0 Å². The summed E-state index contributed by atoms with van der Waals surface area (Å²) in [6, 6.07) is 21.9. The van der Waals surface area contributed by atoms with Crippen LogP contribution in [0.15, 0.2) is 72.8 Å². The topological polar surface area (TPSA) is 0 Å². The smallest absolute Gasteiger partial charge is 0.0162 e. The van der Waals surface area contributed by atoms with Crippen LogP contribution >= 0.6 is 0 Å². The van der Waals surface area contributed by atoms with E-state index in [0.717, 1.165) is 6.42 Å². The summed E-state index contributed by atoms with van der Waals surface area (Å²) in [5.74, 6) is 0. The van der Waals surface area contributed by atoms with Crippen molar-refractivity contribution in [3.63, 3.8) is 0 Å². The van der Waals surface area contributed by atoms with Crippen molar-refractivity contribution in [2.75, 3.05) is 0 Å². The van der Waals surface area contributed by atoms with Crippen molar-refractivity contribution in [1.29, 1.82) is 0 Å². The molecule has 4 rings (SSSR count). The van der Waals surface area contributed by atoms with E-state index in [1.807, 2.05) is 13.8 Å². The molecule has 0 heterocycles. The Morgan fingerprint density at radius 1 is 0.609 bits per heavy atom. The van der Waals surface area contributed by atoms with Gasteiger partial charge in [-0.05, 0) is 51.6 Å². The summed E-state index contributed by atoms with van der Waals surface area (Å²) in [7, 11) is 0. The molecule has 0 saturated carbocycles. The molecule has 0 nitrogen and oxygen atoms in total. The predicted molar refractivity (Wildman–Crippen MR) is 103 cm³/mol. The van der Waals surface area contributed by atoms with Gasteiger partial charge in [0, 0.05) is 0 Å². The van der Waals surface area contributed by atoms with Crippen LogP contribution in [0.5, 0.6) is 0 Å². The zero-order valence-electron chi connectivity index (χ0n) is 13.8. The third kappa shape index (κ3) is 3.27. The lowest BCUT2D eigenvalue weighted by Crippen LogP contribution is -1.84. The van der Waals surface area contributed by atoms with Gasteiger partial charge < -0.3 is 0 Å². The first-order valence-corrected chi connectivity index (χ1v) is 8.36. The van der Waals surface area contributed by atoms with Crippen molar-refractivity contribution in [3.8, 4) is 11.1 Å². The number of rotatable bonds is 1. The van der Waals surface area contributed by atoms with Crippen molar-refractivity contribution >= 4 is 22.9 Å². The van der Waals surface area contributed by atoms with E-state index in [-0.39, 0.29) is 0 Å². The van der Waals surface area contributed by atoms with Crippen molar-refractivity contribution < 1.29 is 0 Å². The maximum absolute atomic E-state index is 2.28. The second-order valence-corrected chi connectivity index (χ2v) is 5.45. The van der Waals surface area contributed by atoms with E-state index in [4.69, 9.17) is 0 Å². The number of allylic oxidation sites excluding steroid dienone is 2. The molecule has 0 heteroatoms. The van der Waals surface area contributed by atoms with Crippen LogP contribution in [-0.2, 0) is 0 Å². The largest absolute Gasteiger partial charge is 0.0801 e. The van der Waals surface area contributed by atoms with Crippen LogP contribution in [0, 0.1) is 0 Å². The quantitative estimate of drug-likeness (QED) is 0.455. The number of hydrogen-bond donors (Lipinski definition) is 0. The van der Waals surface area contributed by atoms with Crippen LogP contribution in [-0.4, -0.2) is 0 Å². The van der Waals surface area contributed by atoms with E-state index in [1.165, 1.54) is 33.0 Å². The van der Waals surface area contributed by atoms with Gasteiger partial charge in [0.1, 0.15) is 0 Å². The van der Waals surface area contributed by atoms with Crippen molar-refractivity contribution in [2.24, 2.45) is 0 Å². The summed E-state index contributed by atoms with van der Waals surface area (Å²) in [5.41, 5.74) is 5.15. The van der Waals surface area contributed by atoms with Crippen molar-refractivity contribution in [1.82, 2.24) is 0 Å². The lowest BCUT2D eigenvalue weighted by atomic mass is 9.97. The average Bonchev–Trinajstić information content (AvgIpc) is 2.87. The Labute approximate surface area is 138 Å². The van der Waals surface area contributed by atoms with Gasteiger partial charge in [0.05, 0.1) is 0 Å². The molecule has 0 aromatic heterocycles. The Morgan fingerprint density at radius 3 is 2.09 bits per heavy atom. The van der Waals surface area contributed by atoms with E-state index in [2.05, 4.69) is 85.0 Å². The molecule has 0 N–H and O–H groups in total. The van der Waals surface area contributed by atoms with Crippen LogP contribution in [0.25, 0.3) is 34.1 Å². The maximum Gasteiger partial charge on any atom is -0.0162 e. The molecule has 3 aromatic rings. The fourth-order valence-electron chi connectivity index (χ4n) is 2.89. The third-order valence-corrected chi connectivity index (χ3v) is 4.04. The molecule has 0 atom stereocenters.